The molecule has 1 aromatic rings. The van der Waals surface area contributed by atoms with Gasteiger partial charge in [0.05, 0.1) is 12.6 Å². The molecule has 0 saturated heterocycles. The number of ether oxygens (including phenoxy) is 1. The van der Waals surface area contributed by atoms with Gasteiger partial charge in [0.25, 0.3) is 0 Å². The van der Waals surface area contributed by atoms with Crippen molar-refractivity contribution in [2.75, 3.05) is 17.7 Å². The van der Waals surface area contributed by atoms with Crippen molar-refractivity contribution < 1.29 is 14.3 Å². The van der Waals surface area contributed by atoms with Crippen molar-refractivity contribution in [2.45, 2.75) is 32.2 Å². The lowest BCUT2D eigenvalue weighted by molar-refractivity contribution is -0.120. The fourth-order valence-corrected chi connectivity index (χ4v) is 1.71. The Kier molecular flexibility index (Phi) is 5.52. The van der Waals surface area contributed by atoms with Gasteiger partial charge in [0.1, 0.15) is 0 Å². The predicted octanol–water partition coefficient (Wildman–Crippen LogP) is 2.32. The first kappa shape index (κ1) is 16.0. The minimum Gasteiger partial charge on any atom is -0.453 e. The van der Waals surface area contributed by atoms with Crippen LogP contribution in [0.25, 0.3) is 0 Å². The highest BCUT2D eigenvalue weighted by Gasteiger charge is 2.27. The van der Waals surface area contributed by atoms with E-state index in [0.717, 1.165) is 6.42 Å². The molecule has 0 spiro atoms. The molecule has 0 radical (unpaired) electrons. The van der Waals surface area contributed by atoms with Crippen molar-refractivity contribution in [3.63, 3.8) is 0 Å². The van der Waals surface area contributed by atoms with Gasteiger partial charge in [-0.1, -0.05) is 13.3 Å². The van der Waals surface area contributed by atoms with E-state index >= 15 is 0 Å². The van der Waals surface area contributed by atoms with E-state index in [1.165, 1.54) is 7.11 Å². The summed E-state index contributed by atoms with van der Waals surface area (Å²) in [6, 6.07) is 6.71. The van der Waals surface area contributed by atoms with E-state index < -0.39 is 11.6 Å². The smallest absolute Gasteiger partial charge is 0.411 e. The normalized spacial score (nSPS) is 13.2. The van der Waals surface area contributed by atoms with Crippen molar-refractivity contribution in [1.29, 1.82) is 0 Å². The number of anilines is 2. The topological polar surface area (TPSA) is 93.5 Å². The van der Waals surface area contributed by atoms with Crippen LogP contribution in [0.5, 0.6) is 0 Å². The highest BCUT2D eigenvalue weighted by atomic mass is 16.5. The first-order chi connectivity index (χ1) is 9.39. The zero-order valence-corrected chi connectivity index (χ0v) is 12.0. The second-order valence-corrected chi connectivity index (χ2v) is 4.82. The zero-order valence-electron chi connectivity index (χ0n) is 12.0. The maximum absolute atomic E-state index is 12.0. The molecular weight excluding hydrogens is 258 g/mol. The second kappa shape index (κ2) is 6.91. The average molecular weight is 279 g/mol. The molecule has 1 aromatic carbocycles. The van der Waals surface area contributed by atoms with Gasteiger partial charge in [-0.2, -0.15) is 0 Å². The molecule has 0 aromatic heterocycles. The van der Waals surface area contributed by atoms with Crippen molar-refractivity contribution in [3.8, 4) is 0 Å². The van der Waals surface area contributed by atoms with Crippen LogP contribution in [-0.2, 0) is 9.53 Å². The maximum Gasteiger partial charge on any atom is 0.411 e. The largest absolute Gasteiger partial charge is 0.453 e. The lowest BCUT2D eigenvalue weighted by Crippen LogP contribution is -2.48. The number of carbonyl (C=O) groups excluding carboxylic acids is 2. The second-order valence-electron chi connectivity index (χ2n) is 4.82. The molecular formula is C14H21N3O3. The van der Waals surface area contributed by atoms with Crippen LogP contribution >= 0.6 is 0 Å². The van der Waals surface area contributed by atoms with Crippen LogP contribution in [-0.4, -0.2) is 24.6 Å². The predicted molar refractivity (Wildman–Crippen MR) is 78.6 cm³/mol. The van der Waals surface area contributed by atoms with Gasteiger partial charge in [-0.15, -0.1) is 0 Å². The molecule has 0 aliphatic carbocycles. The van der Waals surface area contributed by atoms with Gasteiger partial charge >= 0.3 is 6.09 Å². The van der Waals surface area contributed by atoms with Gasteiger partial charge in [0.15, 0.2) is 0 Å². The summed E-state index contributed by atoms with van der Waals surface area (Å²) in [5, 5.41) is 5.28. The summed E-state index contributed by atoms with van der Waals surface area (Å²) in [5.74, 6) is -0.229. The minimum absolute atomic E-state index is 0.229. The van der Waals surface area contributed by atoms with E-state index in [9.17, 15) is 9.59 Å². The summed E-state index contributed by atoms with van der Waals surface area (Å²) >= 11 is 0. The van der Waals surface area contributed by atoms with E-state index in [1.807, 2.05) is 6.92 Å². The first-order valence-corrected chi connectivity index (χ1v) is 6.44. The number of benzene rings is 1. The van der Waals surface area contributed by atoms with Crippen LogP contribution in [0.4, 0.5) is 16.2 Å². The highest BCUT2D eigenvalue weighted by Crippen LogP contribution is 2.16. The van der Waals surface area contributed by atoms with Crippen LogP contribution in [0, 0.1) is 0 Å². The minimum atomic E-state index is -0.891. The SMILES string of the molecule is CCCC(C)(N)C(=O)Nc1ccc(NC(=O)OC)cc1. The highest BCUT2D eigenvalue weighted by molar-refractivity contribution is 5.97. The summed E-state index contributed by atoms with van der Waals surface area (Å²) in [6.07, 6.45) is 0.905. The number of nitrogens with one attached hydrogen (secondary N) is 2. The molecule has 1 rings (SSSR count). The quantitative estimate of drug-likeness (QED) is 0.771. The summed E-state index contributed by atoms with van der Waals surface area (Å²) in [4.78, 5) is 23.0. The van der Waals surface area contributed by atoms with E-state index in [4.69, 9.17) is 5.73 Å². The van der Waals surface area contributed by atoms with Crippen LogP contribution < -0.4 is 16.4 Å². The van der Waals surface area contributed by atoms with Crippen molar-refractivity contribution in [1.82, 2.24) is 0 Å². The summed E-state index contributed by atoms with van der Waals surface area (Å²) in [5.41, 5.74) is 6.26. The zero-order chi connectivity index (χ0) is 15.2. The fourth-order valence-electron chi connectivity index (χ4n) is 1.71. The number of hydrogen-bond donors (Lipinski definition) is 3. The first-order valence-electron chi connectivity index (χ1n) is 6.44. The Morgan fingerprint density at radius 3 is 2.15 bits per heavy atom. The van der Waals surface area contributed by atoms with Gasteiger partial charge in [-0.25, -0.2) is 4.79 Å². The molecule has 0 heterocycles. The molecule has 1 atom stereocenters. The average Bonchev–Trinajstić information content (AvgIpc) is 2.40. The molecule has 0 saturated carbocycles. The number of nitrogens with two attached hydrogens (primary N) is 1. The van der Waals surface area contributed by atoms with Gasteiger partial charge in [0.2, 0.25) is 5.91 Å². The molecule has 0 bridgehead atoms. The summed E-state index contributed by atoms with van der Waals surface area (Å²) in [7, 11) is 1.29. The third-order valence-corrected chi connectivity index (χ3v) is 2.86. The summed E-state index contributed by atoms with van der Waals surface area (Å²) in [6.45, 7) is 3.69. The Morgan fingerprint density at radius 2 is 1.70 bits per heavy atom. The van der Waals surface area contributed by atoms with Crippen LogP contribution in [0.3, 0.4) is 0 Å². The Bertz CT molecular complexity index is 469. The lowest BCUT2D eigenvalue weighted by Gasteiger charge is -2.22. The molecule has 6 nitrogen and oxygen atoms in total. The molecule has 2 amide bonds. The number of amides is 2. The number of methoxy groups -OCH3 is 1. The van der Waals surface area contributed by atoms with Gasteiger partial charge in [-0.05, 0) is 37.6 Å². The van der Waals surface area contributed by atoms with E-state index in [0.29, 0.717) is 17.8 Å². The molecule has 20 heavy (non-hydrogen) atoms. The van der Waals surface area contributed by atoms with Crippen molar-refractivity contribution in [2.24, 2.45) is 5.73 Å². The Balaban J connectivity index is 2.66. The molecule has 110 valence electrons. The third-order valence-electron chi connectivity index (χ3n) is 2.86. The molecule has 0 fully saturated rings. The molecule has 6 heteroatoms. The van der Waals surface area contributed by atoms with Crippen LogP contribution in [0.1, 0.15) is 26.7 Å². The molecule has 4 N–H and O–H groups in total. The molecule has 0 aliphatic rings. The fraction of sp³-hybridized carbons (Fsp3) is 0.429. The Labute approximate surface area is 118 Å². The summed E-state index contributed by atoms with van der Waals surface area (Å²) < 4.78 is 4.48. The molecule has 0 aliphatic heterocycles. The van der Waals surface area contributed by atoms with Crippen LogP contribution in [0.15, 0.2) is 24.3 Å². The monoisotopic (exact) mass is 279 g/mol. The Morgan fingerprint density at radius 1 is 1.20 bits per heavy atom. The third kappa shape index (κ3) is 4.55. The number of rotatable bonds is 5. The van der Waals surface area contributed by atoms with Crippen molar-refractivity contribution in [3.05, 3.63) is 24.3 Å². The maximum atomic E-state index is 12.0. The lowest BCUT2D eigenvalue weighted by atomic mass is 9.96. The number of hydrogen-bond acceptors (Lipinski definition) is 4. The van der Waals surface area contributed by atoms with E-state index in [-0.39, 0.29) is 5.91 Å². The molecule has 1 unspecified atom stereocenters. The van der Waals surface area contributed by atoms with Crippen LogP contribution in [0.2, 0.25) is 0 Å². The number of carbonyl (C=O) groups is 2. The van der Waals surface area contributed by atoms with Gasteiger partial charge in [0, 0.05) is 11.4 Å². The Hall–Kier alpha value is -2.08. The van der Waals surface area contributed by atoms with Crippen molar-refractivity contribution >= 4 is 23.4 Å². The van der Waals surface area contributed by atoms with Gasteiger partial charge in [-0.3, -0.25) is 10.1 Å². The van der Waals surface area contributed by atoms with E-state index in [2.05, 4.69) is 15.4 Å². The van der Waals surface area contributed by atoms with Gasteiger partial charge < -0.3 is 15.8 Å². The van der Waals surface area contributed by atoms with E-state index in [1.54, 1.807) is 31.2 Å². The standard InChI is InChI=1S/C14H21N3O3/c1-4-9-14(2,15)12(18)16-10-5-7-11(8-6-10)17-13(19)20-3/h5-8H,4,9,15H2,1-3H3,(H,16,18)(H,17,19).